The van der Waals surface area contributed by atoms with Gasteiger partial charge in [0.15, 0.2) is 10.8 Å². The standard InChI is InChI=1S/C15H16F4N4S/c1-8-6-11(21-9-2-4-15(18,19)5-3-9)23-13(20-8)14-22-10(7-24-14)12(16)17/h6-7,9,12H,2-5H2,1H3,(H,20,21,23). The predicted molar refractivity (Wildman–Crippen MR) is 83.7 cm³/mol. The third-order valence-electron chi connectivity index (χ3n) is 3.86. The van der Waals surface area contributed by atoms with E-state index in [0.717, 1.165) is 11.3 Å². The monoisotopic (exact) mass is 360 g/mol. The fraction of sp³-hybridized carbons (Fsp3) is 0.533. The Labute approximate surface area is 140 Å². The molecular weight excluding hydrogens is 344 g/mol. The first-order chi connectivity index (χ1) is 11.3. The lowest BCUT2D eigenvalue weighted by Crippen LogP contribution is -2.32. The van der Waals surface area contributed by atoms with Gasteiger partial charge in [0.05, 0.1) is 0 Å². The second kappa shape index (κ2) is 6.62. The number of hydrogen-bond donors (Lipinski definition) is 1. The maximum Gasteiger partial charge on any atom is 0.281 e. The van der Waals surface area contributed by atoms with Gasteiger partial charge in [0, 0.05) is 36.0 Å². The van der Waals surface area contributed by atoms with Crippen LogP contribution in [0.3, 0.4) is 0 Å². The van der Waals surface area contributed by atoms with Crippen LogP contribution in [0.4, 0.5) is 23.4 Å². The molecule has 0 spiro atoms. The molecule has 0 bridgehead atoms. The van der Waals surface area contributed by atoms with Crippen molar-refractivity contribution in [3.63, 3.8) is 0 Å². The molecule has 24 heavy (non-hydrogen) atoms. The molecule has 0 aliphatic heterocycles. The van der Waals surface area contributed by atoms with E-state index in [0.29, 0.717) is 29.4 Å². The Bertz CT molecular complexity index is 709. The fourth-order valence-corrected chi connectivity index (χ4v) is 3.36. The molecule has 0 aromatic carbocycles. The highest BCUT2D eigenvalue weighted by atomic mass is 32.1. The largest absolute Gasteiger partial charge is 0.367 e. The van der Waals surface area contributed by atoms with Crippen LogP contribution in [0.25, 0.3) is 10.8 Å². The number of aryl methyl sites for hydroxylation is 1. The van der Waals surface area contributed by atoms with E-state index in [4.69, 9.17) is 0 Å². The molecule has 2 heterocycles. The van der Waals surface area contributed by atoms with Crippen LogP contribution in [0.15, 0.2) is 11.4 Å². The minimum atomic E-state index is -2.64. The SMILES string of the molecule is Cc1cc(NC2CCC(F)(F)CC2)nc(-c2nc(C(F)F)cs2)n1. The van der Waals surface area contributed by atoms with Gasteiger partial charge >= 0.3 is 0 Å². The van der Waals surface area contributed by atoms with Crippen molar-refractivity contribution >= 4 is 17.2 Å². The first-order valence-electron chi connectivity index (χ1n) is 7.56. The summed E-state index contributed by atoms with van der Waals surface area (Å²) in [5.74, 6) is -1.82. The third kappa shape index (κ3) is 4.00. The summed E-state index contributed by atoms with van der Waals surface area (Å²) in [6, 6.07) is 1.62. The Morgan fingerprint density at radius 1 is 1.21 bits per heavy atom. The molecular formula is C15H16F4N4S. The highest BCUT2D eigenvalue weighted by Crippen LogP contribution is 2.34. The van der Waals surface area contributed by atoms with E-state index in [1.54, 1.807) is 13.0 Å². The van der Waals surface area contributed by atoms with E-state index >= 15 is 0 Å². The second-order valence-corrected chi connectivity index (χ2v) is 6.73. The van der Waals surface area contributed by atoms with E-state index in [1.165, 1.54) is 5.38 Å². The molecule has 4 nitrogen and oxygen atoms in total. The van der Waals surface area contributed by atoms with Crippen LogP contribution in [-0.2, 0) is 0 Å². The number of hydrogen-bond acceptors (Lipinski definition) is 5. The quantitative estimate of drug-likeness (QED) is 0.793. The smallest absolute Gasteiger partial charge is 0.281 e. The molecule has 1 saturated carbocycles. The van der Waals surface area contributed by atoms with Crippen molar-refractivity contribution in [2.24, 2.45) is 0 Å². The molecule has 130 valence electrons. The summed E-state index contributed by atoms with van der Waals surface area (Å²) in [6.45, 7) is 1.76. The van der Waals surface area contributed by atoms with Gasteiger partial charge in [-0.3, -0.25) is 0 Å². The van der Waals surface area contributed by atoms with Gasteiger partial charge in [-0.05, 0) is 19.8 Å². The maximum atomic E-state index is 13.2. The van der Waals surface area contributed by atoms with Gasteiger partial charge in [-0.25, -0.2) is 32.5 Å². The van der Waals surface area contributed by atoms with E-state index in [1.807, 2.05) is 0 Å². The summed E-state index contributed by atoms with van der Waals surface area (Å²) >= 11 is 1.05. The first kappa shape index (κ1) is 17.1. The van der Waals surface area contributed by atoms with Gasteiger partial charge in [0.2, 0.25) is 5.92 Å². The Hall–Kier alpha value is -1.77. The summed E-state index contributed by atoms with van der Waals surface area (Å²) in [4.78, 5) is 12.4. The van der Waals surface area contributed by atoms with Crippen molar-refractivity contribution in [1.82, 2.24) is 15.0 Å². The van der Waals surface area contributed by atoms with E-state index < -0.39 is 12.3 Å². The highest BCUT2D eigenvalue weighted by Gasteiger charge is 2.35. The van der Waals surface area contributed by atoms with Crippen LogP contribution in [0, 0.1) is 6.92 Å². The lowest BCUT2D eigenvalue weighted by atomic mass is 9.92. The van der Waals surface area contributed by atoms with Gasteiger partial charge in [0.1, 0.15) is 11.5 Å². The molecule has 0 radical (unpaired) electrons. The second-order valence-electron chi connectivity index (χ2n) is 5.87. The maximum absolute atomic E-state index is 13.2. The number of nitrogens with one attached hydrogen (secondary N) is 1. The third-order valence-corrected chi connectivity index (χ3v) is 4.72. The van der Waals surface area contributed by atoms with Crippen molar-refractivity contribution in [2.75, 3.05) is 5.32 Å². The summed E-state index contributed by atoms with van der Waals surface area (Å²) in [6.07, 6.45) is -2.21. The topological polar surface area (TPSA) is 50.7 Å². The lowest BCUT2D eigenvalue weighted by Gasteiger charge is -2.29. The molecule has 3 rings (SSSR count). The molecule has 0 unspecified atom stereocenters. The first-order valence-corrected chi connectivity index (χ1v) is 8.44. The van der Waals surface area contributed by atoms with Crippen LogP contribution in [0.1, 0.15) is 43.5 Å². The zero-order chi connectivity index (χ0) is 17.3. The zero-order valence-electron chi connectivity index (χ0n) is 12.9. The van der Waals surface area contributed by atoms with Gasteiger partial charge in [0.25, 0.3) is 6.43 Å². The van der Waals surface area contributed by atoms with E-state index in [9.17, 15) is 17.6 Å². The Balaban J connectivity index is 1.76. The van der Waals surface area contributed by atoms with Gasteiger partial charge < -0.3 is 5.32 Å². The lowest BCUT2D eigenvalue weighted by molar-refractivity contribution is -0.0361. The average Bonchev–Trinajstić information content (AvgIpc) is 2.99. The molecule has 0 atom stereocenters. The minimum absolute atomic E-state index is 0.0836. The summed E-state index contributed by atoms with van der Waals surface area (Å²) in [7, 11) is 0. The van der Waals surface area contributed by atoms with E-state index in [-0.39, 0.29) is 30.4 Å². The van der Waals surface area contributed by atoms with Crippen LogP contribution in [0.5, 0.6) is 0 Å². The normalized spacial score (nSPS) is 18.1. The number of alkyl halides is 4. The van der Waals surface area contributed by atoms with Gasteiger partial charge in [-0.1, -0.05) is 0 Å². The molecule has 0 saturated heterocycles. The van der Waals surface area contributed by atoms with Crippen molar-refractivity contribution in [3.8, 4) is 10.8 Å². The number of aromatic nitrogens is 3. The van der Waals surface area contributed by atoms with Gasteiger partial charge in [-0.15, -0.1) is 11.3 Å². The molecule has 2 aromatic rings. The zero-order valence-corrected chi connectivity index (χ0v) is 13.7. The number of anilines is 1. The predicted octanol–water partition coefficient (Wildman–Crippen LogP) is 4.84. The summed E-state index contributed by atoms with van der Waals surface area (Å²) < 4.78 is 51.7. The molecule has 1 fully saturated rings. The Morgan fingerprint density at radius 3 is 2.54 bits per heavy atom. The average molecular weight is 360 g/mol. The van der Waals surface area contributed by atoms with Crippen LogP contribution >= 0.6 is 11.3 Å². The summed E-state index contributed by atoms with van der Waals surface area (Å²) in [5, 5.41) is 4.74. The van der Waals surface area contributed by atoms with Crippen LogP contribution < -0.4 is 5.32 Å². The fourth-order valence-electron chi connectivity index (χ4n) is 2.62. The van der Waals surface area contributed by atoms with Crippen molar-refractivity contribution in [1.29, 1.82) is 0 Å². The van der Waals surface area contributed by atoms with Gasteiger partial charge in [-0.2, -0.15) is 0 Å². The Morgan fingerprint density at radius 2 is 1.92 bits per heavy atom. The molecule has 1 aliphatic carbocycles. The van der Waals surface area contributed by atoms with Crippen LogP contribution in [-0.4, -0.2) is 26.9 Å². The summed E-state index contributed by atoms with van der Waals surface area (Å²) in [5.41, 5.74) is 0.349. The van der Waals surface area contributed by atoms with Crippen LogP contribution in [0.2, 0.25) is 0 Å². The molecule has 0 amide bonds. The van der Waals surface area contributed by atoms with Crippen molar-refractivity contribution in [2.45, 2.75) is 51.0 Å². The molecule has 9 heteroatoms. The number of thiazole rings is 1. The molecule has 1 N–H and O–H groups in total. The highest BCUT2D eigenvalue weighted by molar-refractivity contribution is 7.13. The van der Waals surface area contributed by atoms with Crippen molar-refractivity contribution in [3.05, 3.63) is 22.8 Å². The molecule has 1 aliphatic rings. The number of rotatable bonds is 4. The number of halogens is 4. The minimum Gasteiger partial charge on any atom is -0.367 e. The molecule has 2 aromatic heterocycles. The number of nitrogens with zero attached hydrogens (tertiary/aromatic N) is 3. The Kier molecular flexibility index (Phi) is 4.71. The van der Waals surface area contributed by atoms with Crippen molar-refractivity contribution < 1.29 is 17.6 Å². The van der Waals surface area contributed by atoms with E-state index in [2.05, 4.69) is 20.3 Å².